The molecule has 0 spiro atoms. The van der Waals surface area contributed by atoms with Gasteiger partial charge in [0.2, 0.25) is 0 Å². The lowest BCUT2D eigenvalue weighted by Crippen LogP contribution is -2.09. The molecule has 108 valence electrons. The second kappa shape index (κ2) is 4.76. The number of fused-ring (bicyclic) bond motifs is 1. The molecule has 7 heteroatoms. The maximum atomic E-state index is 13.0. The number of pyridine rings is 1. The monoisotopic (exact) mass is 292 g/mol. The molecule has 3 aromatic rings. The van der Waals surface area contributed by atoms with E-state index in [9.17, 15) is 13.2 Å². The molecule has 2 aromatic heterocycles. The highest BCUT2D eigenvalue weighted by atomic mass is 19.4. The summed E-state index contributed by atoms with van der Waals surface area (Å²) < 4.78 is 40.3. The summed E-state index contributed by atoms with van der Waals surface area (Å²) in [5.41, 5.74) is 5.72. The molecule has 0 unspecified atom stereocenters. The van der Waals surface area contributed by atoms with Gasteiger partial charge < -0.3 is 5.73 Å². The van der Waals surface area contributed by atoms with Crippen LogP contribution in [0.25, 0.3) is 5.65 Å². The van der Waals surface area contributed by atoms with Crippen molar-refractivity contribution in [3.63, 3.8) is 0 Å². The highest BCUT2D eigenvalue weighted by molar-refractivity contribution is 5.46. The van der Waals surface area contributed by atoms with Crippen molar-refractivity contribution in [2.24, 2.45) is 0 Å². The molecule has 0 amide bonds. The van der Waals surface area contributed by atoms with E-state index in [1.807, 2.05) is 0 Å². The third-order valence-electron chi connectivity index (χ3n) is 3.10. The van der Waals surface area contributed by atoms with Crippen LogP contribution >= 0.6 is 0 Å². The van der Waals surface area contributed by atoms with Gasteiger partial charge in [-0.05, 0) is 23.8 Å². The van der Waals surface area contributed by atoms with Crippen molar-refractivity contribution >= 4 is 11.5 Å². The number of nitrogens with zero attached hydrogens (tertiary/aromatic N) is 3. The second-order valence-electron chi connectivity index (χ2n) is 4.58. The summed E-state index contributed by atoms with van der Waals surface area (Å²) >= 11 is 0. The van der Waals surface area contributed by atoms with Gasteiger partial charge >= 0.3 is 6.18 Å². The van der Waals surface area contributed by atoms with Crippen LogP contribution in [-0.4, -0.2) is 14.6 Å². The molecule has 21 heavy (non-hydrogen) atoms. The van der Waals surface area contributed by atoms with Crippen LogP contribution in [0.2, 0.25) is 0 Å². The molecule has 0 aliphatic carbocycles. The van der Waals surface area contributed by atoms with Gasteiger partial charge in [0.1, 0.15) is 5.82 Å². The first-order chi connectivity index (χ1) is 9.95. The number of nitrogen functional groups attached to an aromatic ring is 1. The normalized spacial score (nSPS) is 12.0. The Labute approximate surface area is 118 Å². The minimum Gasteiger partial charge on any atom is -0.384 e. The number of halogens is 3. The third kappa shape index (κ3) is 2.54. The van der Waals surface area contributed by atoms with E-state index in [-0.39, 0.29) is 12.0 Å². The van der Waals surface area contributed by atoms with Gasteiger partial charge in [-0.15, -0.1) is 5.10 Å². The first-order valence-electron chi connectivity index (χ1n) is 6.20. The van der Waals surface area contributed by atoms with Crippen LogP contribution in [0.4, 0.5) is 19.0 Å². The predicted octanol–water partition coefficient (Wildman–Crippen LogP) is 2.92. The van der Waals surface area contributed by atoms with E-state index in [2.05, 4.69) is 10.1 Å². The van der Waals surface area contributed by atoms with Gasteiger partial charge in [0, 0.05) is 6.42 Å². The van der Waals surface area contributed by atoms with Gasteiger partial charge in [0.15, 0.2) is 11.5 Å². The molecule has 0 radical (unpaired) electrons. The third-order valence-corrected chi connectivity index (χ3v) is 3.10. The molecule has 3 rings (SSSR count). The Hall–Kier alpha value is -2.57. The molecule has 0 saturated heterocycles. The molecule has 0 aliphatic rings. The van der Waals surface area contributed by atoms with Crippen molar-refractivity contribution in [3.8, 4) is 0 Å². The van der Waals surface area contributed by atoms with E-state index >= 15 is 0 Å². The van der Waals surface area contributed by atoms with E-state index < -0.39 is 11.7 Å². The molecular weight excluding hydrogens is 281 g/mol. The topological polar surface area (TPSA) is 56.2 Å². The number of anilines is 1. The number of aromatic nitrogens is 3. The van der Waals surface area contributed by atoms with Crippen LogP contribution in [0, 0.1) is 0 Å². The Morgan fingerprint density at radius 2 is 1.81 bits per heavy atom. The summed E-state index contributed by atoms with van der Waals surface area (Å²) in [5.74, 6) is 0.681. The fraction of sp³-hybridized carbons (Fsp3) is 0.143. The Balaban J connectivity index is 2.01. The SMILES string of the molecule is Nc1cccc2nc(Cc3ccccc3C(F)(F)F)nn12. The summed E-state index contributed by atoms with van der Waals surface area (Å²) in [6.07, 6.45) is -4.40. The Morgan fingerprint density at radius 3 is 2.52 bits per heavy atom. The van der Waals surface area contributed by atoms with E-state index in [4.69, 9.17) is 5.73 Å². The quantitative estimate of drug-likeness (QED) is 0.790. The largest absolute Gasteiger partial charge is 0.416 e. The molecule has 1 aromatic carbocycles. The zero-order valence-corrected chi connectivity index (χ0v) is 10.8. The van der Waals surface area contributed by atoms with Crippen molar-refractivity contribution in [2.45, 2.75) is 12.6 Å². The number of rotatable bonds is 2. The molecule has 2 N–H and O–H groups in total. The van der Waals surface area contributed by atoms with Crippen LogP contribution in [0.5, 0.6) is 0 Å². The van der Waals surface area contributed by atoms with E-state index in [0.29, 0.717) is 17.3 Å². The van der Waals surface area contributed by atoms with Gasteiger partial charge in [0.05, 0.1) is 5.56 Å². The molecule has 0 bridgehead atoms. The molecule has 0 aliphatic heterocycles. The minimum atomic E-state index is -4.39. The number of hydrogen-bond donors (Lipinski definition) is 1. The first-order valence-corrected chi connectivity index (χ1v) is 6.20. The molecule has 0 saturated carbocycles. The van der Waals surface area contributed by atoms with E-state index in [1.54, 1.807) is 24.3 Å². The number of benzene rings is 1. The standard InChI is InChI=1S/C14H11F3N4/c15-14(16,17)10-5-2-1-4-9(10)8-12-19-13-7-3-6-11(18)21(13)20-12/h1-7H,8,18H2. The van der Waals surface area contributed by atoms with Gasteiger partial charge in [-0.25, -0.2) is 4.98 Å². The molecule has 2 heterocycles. The average molecular weight is 292 g/mol. The van der Waals surface area contributed by atoms with Crippen LogP contribution < -0.4 is 5.73 Å². The van der Waals surface area contributed by atoms with Crippen molar-refractivity contribution in [1.29, 1.82) is 0 Å². The predicted molar refractivity (Wildman–Crippen MR) is 71.6 cm³/mol. The fourth-order valence-corrected chi connectivity index (χ4v) is 2.17. The number of hydrogen-bond acceptors (Lipinski definition) is 3. The first kappa shape index (κ1) is 13.4. The second-order valence-corrected chi connectivity index (χ2v) is 4.58. The molecular formula is C14H11F3N4. The molecule has 0 fully saturated rings. The van der Waals surface area contributed by atoms with Gasteiger partial charge in [-0.1, -0.05) is 24.3 Å². The van der Waals surface area contributed by atoms with E-state index in [1.165, 1.54) is 16.6 Å². The Morgan fingerprint density at radius 1 is 1.05 bits per heavy atom. The Kier molecular flexibility index (Phi) is 3.04. The van der Waals surface area contributed by atoms with Gasteiger partial charge in [-0.2, -0.15) is 17.7 Å². The van der Waals surface area contributed by atoms with Crippen LogP contribution in [0.15, 0.2) is 42.5 Å². The van der Waals surface area contributed by atoms with Crippen LogP contribution in [-0.2, 0) is 12.6 Å². The molecule has 4 nitrogen and oxygen atoms in total. The smallest absolute Gasteiger partial charge is 0.384 e. The lowest BCUT2D eigenvalue weighted by Gasteiger charge is -2.11. The van der Waals surface area contributed by atoms with Crippen LogP contribution in [0.1, 0.15) is 17.0 Å². The summed E-state index contributed by atoms with van der Waals surface area (Å²) in [5, 5.41) is 4.14. The highest BCUT2D eigenvalue weighted by Gasteiger charge is 2.33. The number of nitrogens with two attached hydrogens (primary N) is 1. The summed E-state index contributed by atoms with van der Waals surface area (Å²) in [6, 6.07) is 10.5. The minimum absolute atomic E-state index is 0.00317. The maximum Gasteiger partial charge on any atom is 0.416 e. The lowest BCUT2D eigenvalue weighted by atomic mass is 10.0. The fourth-order valence-electron chi connectivity index (χ4n) is 2.17. The van der Waals surface area contributed by atoms with Crippen molar-refractivity contribution in [1.82, 2.24) is 14.6 Å². The average Bonchev–Trinajstić information content (AvgIpc) is 2.82. The summed E-state index contributed by atoms with van der Waals surface area (Å²) in [4.78, 5) is 4.20. The van der Waals surface area contributed by atoms with Crippen molar-refractivity contribution in [3.05, 3.63) is 59.4 Å². The maximum absolute atomic E-state index is 13.0. The zero-order valence-electron chi connectivity index (χ0n) is 10.8. The van der Waals surface area contributed by atoms with E-state index in [0.717, 1.165) is 6.07 Å². The zero-order chi connectivity index (χ0) is 15.0. The number of alkyl halides is 3. The van der Waals surface area contributed by atoms with Crippen molar-refractivity contribution < 1.29 is 13.2 Å². The van der Waals surface area contributed by atoms with Crippen molar-refractivity contribution in [2.75, 3.05) is 5.73 Å². The summed E-state index contributed by atoms with van der Waals surface area (Å²) in [6.45, 7) is 0. The van der Waals surface area contributed by atoms with Crippen LogP contribution in [0.3, 0.4) is 0 Å². The van der Waals surface area contributed by atoms with Gasteiger partial charge in [0.25, 0.3) is 0 Å². The lowest BCUT2D eigenvalue weighted by molar-refractivity contribution is -0.138. The summed E-state index contributed by atoms with van der Waals surface area (Å²) in [7, 11) is 0. The van der Waals surface area contributed by atoms with Gasteiger partial charge in [-0.3, -0.25) is 0 Å². The molecule has 0 atom stereocenters. The Bertz CT molecular complexity index is 792. The highest BCUT2D eigenvalue weighted by Crippen LogP contribution is 2.32.